The van der Waals surface area contributed by atoms with Gasteiger partial charge in [-0.2, -0.15) is 0 Å². The maximum atomic E-state index is 5.69. The summed E-state index contributed by atoms with van der Waals surface area (Å²) < 4.78 is 0. The monoisotopic (exact) mass is 269 g/mol. The van der Waals surface area contributed by atoms with Crippen LogP contribution in [-0.4, -0.2) is 60.6 Å². The average Bonchev–Trinajstić information content (AvgIpc) is 2.85. The lowest BCUT2D eigenvalue weighted by molar-refractivity contribution is 0.101. The molecule has 0 aromatic carbocycles. The molecule has 0 saturated carbocycles. The second kappa shape index (κ2) is 6.58. The van der Waals surface area contributed by atoms with Gasteiger partial charge in [-0.05, 0) is 20.5 Å². The number of likely N-dealkylation sites (N-methyl/N-ethyl adjacent to an activating group) is 2. The molecule has 0 spiro atoms. The summed E-state index contributed by atoms with van der Waals surface area (Å²) in [7, 11) is 4.39. The van der Waals surface area contributed by atoms with Crippen LogP contribution in [-0.2, 0) is 6.42 Å². The van der Waals surface area contributed by atoms with Gasteiger partial charge in [0.2, 0.25) is 0 Å². The number of nitrogens with two attached hydrogens (primary N) is 1. The smallest absolute Gasteiger partial charge is 0.0794 e. The van der Waals surface area contributed by atoms with Crippen molar-refractivity contribution in [1.82, 2.24) is 20.2 Å². The minimum absolute atomic E-state index is 0.324. The van der Waals surface area contributed by atoms with E-state index in [0.717, 1.165) is 32.5 Å². The second-order valence-corrected chi connectivity index (χ2v) is 6.14. The van der Waals surface area contributed by atoms with E-state index in [0.29, 0.717) is 12.1 Å². The molecule has 6 heteroatoms. The lowest BCUT2D eigenvalue weighted by Crippen LogP contribution is -2.53. The SMILES string of the molecule is CN1CCN(C)C(CC(Cc2cncs2)NN)C1. The number of nitrogens with zero attached hydrogens (tertiary/aromatic N) is 3. The number of hydrogen-bond donors (Lipinski definition) is 2. The van der Waals surface area contributed by atoms with E-state index in [1.54, 1.807) is 11.3 Å². The quantitative estimate of drug-likeness (QED) is 0.589. The molecule has 2 atom stereocenters. The predicted octanol–water partition coefficient (Wildman–Crippen LogP) is 0.153. The van der Waals surface area contributed by atoms with Gasteiger partial charge in [-0.3, -0.25) is 16.3 Å². The van der Waals surface area contributed by atoms with E-state index in [2.05, 4.69) is 34.3 Å². The van der Waals surface area contributed by atoms with Crippen LogP contribution in [0, 0.1) is 0 Å². The van der Waals surface area contributed by atoms with E-state index in [4.69, 9.17) is 5.84 Å². The molecular formula is C12H23N5S. The molecule has 0 amide bonds. The molecule has 18 heavy (non-hydrogen) atoms. The number of nitrogens with one attached hydrogen (secondary N) is 1. The Hall–Kier alpha value is -0.530. The molecule has 102 valence electrons. The lowest BCUT2D eigenvalue weighted by atomic mass is 10.0. The molecule has 1 aliphatic rings. The highest BCUT2D eigenvalue weighted by atomic mass is 32.1. The van der Waals surface area contributed by atoms with Gasteiger partial charge >= 0.3 is 0 Å². The third-order valence-electron chi connectivity index (χ3n) is 3.70. The molecule has 0 radical (unpaired) electrons. The number of piperazine rings is 1. The van der Waals surface area contributed by atoms with Crippen molar-refractivity contribution in [1.29, 1.82) is 0 Å². The Labute approximate surface area is 113 Å². The normalized spacial score (nSPS) is 24.3. The fraction of sp³-hybridized carbons (Fsp3) is 0.750. The van der Waals surface area contributed by atoms with Crippen molar-refractivity contribution in [2.45, 2.75) is 24.9 Å². The van der Waals surface area contributed by atoms with E-state index in [1.165, 1.54) is 4.88 Å². The molecule has 1 aliphatic heterocycles. The van der Waals surface area contributed by atoms with E-state index in [-0.39, 0.29) is 0 Å². The molecule has 5 nitrogen and oxygen atoms in total. The Morgan fingerprint density at radius 3 is 3.06 bits per heavy atom. The first-order valence-corrected chi connectivity index (χ1v) is 7.29. The third kappa shape index (κ3) is 3.73. The molecule has 2 heterocycles. The van der Waals surface area contributed by atoms with Gasteiger partial charge in [0.15, 0.2) is 0 Å². The fourth-order valence-corrected chi connectivity index (χ4v) is 3.16. The summed E-state index contributed by atoms with van der Waals surface area (Å²) in [5.74, 6) is 5.69. The standard InChI is InChI=1S/C12H23N5S/c1-16-3-4-17(2)11(8-16)5-10(15-13)6-12-7-14-9-18-12/h7,9-11,15H,3-6,8,13H2,1-2H3. The third-order valence-corrected chi connectivity index (χ3v) is 4.51. The van der Waals surface area contributed by atoms with Crippen LogP contribution in [0.2, 0.25) is 0 Å². The van der Waals surface area contributed by atoms with Gasteiger partial charge in [0.05, 0.1) is 5.51 Å². The number of hydrogen-bond acceptors (Lipinski definition) is 6. The summed E-state index contributed by atoms with van der Waals surface area (Å²) in [6.45, 7) is 3.42. The van der Waals surface area contributed by atoms with Crippen molar-refractivity contribution < 1.29 is 0 Å². The summed E-state index contributed by atoms with van der Waals surface area (Å²) in [5.41, 5.74) is 4.84. The van der Waals surface area contributed by atoms with Crippen LogP contribution in [0.25, 0.3) is 0 Å². The number of rotatable bonds is 5. The highest BCUT2D eigenvalue weighted by Gasteiger charge is 2.25. The van der Waals surface area contributed by atoms with E-state index >= 15 is 0 Å². The van der Waals surface area contributed by atoms with Crippen molar-refractivity contribution in [3.8, 4) is 0 Å². The summed E-state index contributed by atoms with van der Waals surface area (Å²) in [6.07, 6.45) is 3.98. The molecule has 2 rings (SSSR count). The molecule has 1 aromatic rings. The summed E-state index contributed by atoms with van der Waals surface area (Å²) in [6, 6.07) is 0.905. The van der Waals surface area contributed by atoms with Crippen LogP contribution in [0.1, 0.15) is 11.3 Å². The van der Waals surface area contributed by atoms with Gasteiger partial charge < -0.3 is 9.80 Å². The topological polar surface area (TPSA) is 57.4 Å². The zero-order chi connectivity index (χ0) is 13.0. The Morgan fingerprint density at radius 2 is 2.39 bits per heavy atom. The van der Waals surface area contributed by atoms with Gasteiger partial charge in [0.1, 0.15) is 0 Å². The minimum atomic E-state index is 0.324. The molecule has 1 aromatic heterocycles. The Kier molecular flexibility index (Phi) is 5.08. The maximum absolute atomic E-state index is 5.69. The fourth-order valence-electron chi connectivity index (χ4n) is 2.48. The predicted molar refractivity (Wildman–Crippen MR) is 75.5 cm³/mol. The first kappa shape index (κ1) is 13.9. The zero-order valence-corrected chi connectivity index (χ0v) is 12.0. The van der Waals surface area contributed by atoms with Crippen LogP contribution < -0.4 is 11.3 Å². The molecule has 3 N–H and O–H groups in total. The van der Waals surface area contributed by atoms with Gasteiger partial charge in [-0.25, -0.2) is 0 Å². The van der Waals surface area contributed by atoms with Crippen molar-refractivity contribution in [3.63, 3.8) is 0 Å². The van der Waals surface area contributed by atoms with Crippen LogP contribution in [0.5, 0.6) is 0 Å². The first-order chi connectivity index (χ1) is 8.69. The summed E-state index contributed by atoms with van der Waals surface area (Å²) in [5, 5.41) is 0. The van der Waals surface area contributed by atoms with Gasteiger partial charge in [0.25, 0.3) is 0 Å². The van der Waals surface area contributed by atoms with E-state index in [1.807, 2.05) is 11.7 Å². The van der Waals surface area contributed by atoms with Gasteiger partial charge in [-0.1, -0.05) is 0 Å². The molecule has 0 aliphatic carbocycles. The van der Waals surface area contributed by atoms with Gasteiger partial charge in [0, 0.05) is 49.2 Å². The van der Waals surface area contributed by atoms with Crippen LogP contribution in [0.3, 0.4) is 0 Å². The Balaban J connectivity index is 1.88. The lowest BCUT2D eigenvalue weighted by Gasteiger charge is -2.39. The number of hydrazine groups is 1. The van der Waals surface area contributed by atoms with Crippen molar-refractivity contribution in [2.75, 3.05) is 33.7 Å². The highest BCUT2D eigenvalue weighted by molar-refractivity contribution is 7.09. The Bertz CT molecular complexity index is 342. The summed E-state index contributed by atoms with van der Waals surface area (Å²) >= 11 is 1.70. The highest BCUT2D eigenvalue weighted by Crippen LogP contribution is 2.16. The Morgan fingerprint density at radius 1 is 1.56 bits per heavy atom. The number of thiazole rings is 1. The maximum Gasteiger partial charge on any atom is 0.0794 e. The molecule has 0 bridgehead atoms. The molecule has 1 saturated heterocycles. The van der Waals surface area contributed by atoms with Crippen molar-refractivity contribution >= 4 is 11.3 Å². The van der Waals surface area contributed by atoms with Gasteiger partial charge in [-0.15, -0.1) is 11.3 Å². The number of aromatic nitrogens is 1. The van der Waals surface area contributed by atoms with Crippen LogP contribution in [0.15, 0.2) is 11.7 Å². The second-order valence-electron chi connectivity index (χ2n) is 5.17. The van der Waals surface area contributed by atoms with Crippen molar-refractivity contribution in [2.24, 2.45) is 5.84 Å². The molecule has 1 fully saturated rings. The van der Waals surface area contributed by atoms with Crippen LogP contribution in [0.4, 0.5) is 0 Å². The minimum Gasteiger partial charge on any atom is -0.304 e. The zero-order valence-electron chi connectivity index (χ0n) is 11.2. The van der Waals surface area contributed by atoms with E-state index < -0.39 is 0 Å². The van der Waals surface area contributed by atoms with Crippen LogP contribution >= 0.6 is 11.3 Å². The van der Waals surface area contributed by atoms with E-state index in [9.17, 15) is 0 Å². The first-order valence-electron chi connectivity index (χ1n) is 6.41. The molecular weight excluding hydrogens is 246 g/mol. The molecule has 2 unspecified atom stereocenters. The van der Waals surface area contributed by atoms with Crippen molar-refractivity contribution in [3.05, 3.63) is 16.6 Å². The largest absolute Gasteiger partial charge is 0.304 e. The average molecular weight is 269 g/mol. The summed E-state index contributed by atoms with van der Waals surface area (Å²) in [4.78, 5) is 10.2.